The minimum Gasteiger partial charge on any atom is -0.493 e. The van der Waals surface area contributed by atoms with Crippen molar-refractivity contribution in [3.63, 3.8) is 0 Å². The highest BCUT2D eigenvalue weighted by atomic mass is 16.5. The molecule has 0 aliphatic rings. The number of H-pyrrole nitrogens is 1. The number of hydrogen-bond donors (Lipinski definition) is 1. The standard InChI is InChI=1S/C18H15NO5/c1-21-12-8-11-13(17(23-3)15(12)22-2)16-14(19-11)9-6-4-5-7-10(9)18(20)24-16/h4-8,19H,1-3H3. The molecule has 2 aromatic carbocycles. The maximum atomic E-state index is 12.3. The largest absolute Gasteiger partial charge is 0.493 e. The van der Waals surface area contributed by atoms with Crippen LogP contribution in [0, 0.1) is 0 Å². The summed E-state index contributed by atoms with van der Waals surface area (Å²) in [5.41, 5.74) is 1.51. The fraction of sp³-hybridized carbons (Fsp3) is 0.167. The first kappa shape index (κ1) is 14.4. The van der Waals surface area contributed by atoms with E-state index in [2.05, 4.69) is 4.98 Å². The van der Waals surface area contributed by atoms with Crippen LogP contribution in [0.1, 0.15) is 0 Å². The normalized spacial score (nSPS) is 11.3. The number of ether oxygens (including phenoxy) is 3. The highest BCUT2D eigenvalue weighted by molar-refractivity contribution is 6.16. The van der Waals surface area contributed by atoms with Crippen LogP contribution in [-0.2, 0) is 0 Å². The lowest BCUT2D eigenvalue weighted by molar-refractivity contribution is 0.327. The van der Waals surface area contributed by atoms with Crippen LogP contribution in [0.15, 0.2) is 39.5 Å². The molecule has 1 N–H and O–H groups in total. The molecule has 6 nitrogen and oxygen atoms in total. The molecule has 0 saturated heterocycles. The molecule has 0 aliphatic heterocycles. The number of aromatic amines is 1. The van der Waals surface area contributed by atoms with Gasteiger partial charge < -0.3 is 23.6 Å². The van der Waals surface area contributed by atoms with Crippen molar-refractivity contribution in [1.82, 2.24) is 4.98 Å². The number of hydrogen-bond acceptors (Lipinski definition) is 5. The van der Waals surface area contributed by atoms with Crippen LogP contribution in [0.3, 0.4) is 0 Å². The summed E-state index contributed by atoms with van der Waals surface area (Å²) in [6.07, 6.45) is 0. The third-order valence-electron chi connectivity index (χ3n) is 4.15. The molecule has 0 bridgehead atoms. The summed E-state index contributed by atoms with van der Waals surface area (Å²) >= 11 is 0. The predicted molar refractivity (Wildman–Crippen MR) is 91.5 cm³/mol. The molecule has 2 aromatic heterocycles. The second-order valence-electron chi connectivity index (χ2n) is 5.33. The maximum absolute atomic E-state index is 12.3. The molecule has 4 rings (SSSR count). The first-order chi connectivity index (χ1) is 11.7. The van der Waals surface area contributed by atoms with Gasteiger partial charge in [-0.15, -0.1) is 0 Å². The van der Waals surface area contributed by atoms with Crippen LogP contribution < -0.4 is 19.8 Å². The van der Waals surface area contributed by atoms with E-state index in [9.17, 15) is 4.79 Å². The van der Waals surface area contributed by atoms with E-state index in [4.69, 9.17) is 18.6 Å². The molecule has 6 heteroatoms. The van der Waals surface area contributed by atoms with Crippen LogP contribution in [0.5, 0.6) is 17.2 Å². The van der Waals surface area contributed by atoms with E-state index < -0.39 is 5.63 Å². The van der Waals surface area contributed by atoms with Crippen LogP contribution >= 0.6 is 0 Å². The Hall–Kier alpha value is -3.15. The van der Waals surface area contributed by atoms with E-state index in [0.717, 1.165) is 16.4 Å². The minimum absolute atomic E-state index is 0.393. The Balaban J connectivity index is 2.28. The smallest absolute Gasteiger partial charge is 0.344 e. The van der Waals surface area contributed by atoms with Gasteiger partial charge in [0.1, 0.15) is 0 Å². The molecule has 0 radical (unpaired) electrons. The minimum atomic E-state index is -0.393. The van der Waals surface area contributed by atoms with Crippen molar-refractivity contribution in [1.29, 1.82) is 0 Å². The summed E-state index contributed by atoms with van der Waals surface area (Å²) in [6.45, 7) is 0. The average molecular weight is 325 g/mol. The van der Waals surface area contributed by atoms with Gasteiger partial charge in [-0.3, -0.25) is 0 Å². The van der Waals surface area contributed by atoms with Crippen LogP contribution in [0.2, 0.25) is 0 Å². The van der Waals surface area contributed by atoms with Gasteiger partial charge in [-0.1, -0.05) is 18.2 Å². The molecule has 0 amide bonds. The molecule has 4 aromatic rings. The van der Waals surface area contributed by atoms with Crippen molar-refractivity contribution in [3.8, 4) is 17.2 Å². The number of rotatable bonds is 3. The number of benzene rings is 2. The van der Waals surface area contributed by atoms with Crippen molar-refractivity contribution in [2.75, 3.05) is 21.3 Å². The van der Waals surface area contributed by atoms with Crippen molar-refractivity contribution >= 4 is 32.8 Å². The van der Waals surface area contributed by atoms with E-state index >= 15 is 0 Å². The zero-order valence-electron chi connectivity index (χ0n) is 13.4. The van der Waals surface area contributed by atoms with Gasteiger partial charge in [-0.05, 0) is 6.07 Å². The van der Waals surface area contributed by atoms with Crippen LogP contribution in [0.25, 0.3) is 32.8 Å². The topological polar surface area (TPSA) is 73.7 Å². The molecular weight excluding hydrogens is 310 g/mol. The zero-order chi connectivity index (χ0) is 16.8. The van der Waals surface area contributed by atoms with Crippen molar-refractivity contribution < 1.29 is 18.6 Å². The van der Waals surface area contributed by atoms with Crippen molar-refractivity contribution in [2.24, 2.45) is 0 Å². The lowest BCUT2D eigenvalue weighted by Gasteiger charge is -2.12. The number of aromatic nitrogens is 1. The lowest BCUT2D eigenvalue weighted by Crippen LogP contribution is -1.99. The van der Waals surface area contributed by atoms with Gasteiger partial charge >= 0.3 is 5.63 Å². The Kier molecular flexibility index (Phi) is 3.13. The average Bonchev–Trinajstić information content (AvgIpc) is 2.98. The molecule has 0 atom stereocenters. The van der Waals surface area contributed by atoms with Crippen LogP contribution in [0.4, 0.5) is 0 Å². The van der Waals surface area contributed by atoms with E-state index in [1.165, 1.54) is 14.2 Å². The Morgan fingerprint density at radius 2 is 1.67 bits per heavy atom. The van der Waals surface area contributed by atoms with Crippen molar-refractivity contribution in [2.45, 2.75) is 0 Å². The van der Waals surface area contributed by atoms with E-state index in [1.54, 1.807) is 25.3 Å². The first-order valence-corrected chi connectivity index (χ1v) is 7.35. The van der Waals surface area contributed by atoms with Gasteiger partial charge in [-0.2, -0.15) is 0 Å². The zero-order valence-corrected chi connectivity index (χ0v) is 13.4. The highest BCUT2D eigenvalue weighted by Gasteiger charge is 2.22. The Bertz CT molecular complexity index is 1140. The molecule has 0 aliphatic carbocycles. The summed E-state index contributed by atoms with van der Waals surface area (Å²) in [4.78, 5) is 15.6. The number of nitrogens with one attached hydrogen (secondary N) is 1. The summed E-state index contributed by atoms with van der Waals surface area (Å²) < 4.78 is 21.9. The van der Waals surface area contributed by atoms with Gasteiger partial charge in [0.05, 0.1) is 43.1 Å². The van der Waals surface area contributed by atoms with Crippen molar-refractivity contribution in [3.05, 3.63) is 40.8 Å². The van der Waals surface area contributed by atoms with Gasteiger partial charge in [0.15, 0.2) is 17.1 Å². The highest BCUT2D eigenvalue weighted by Crippen LogP contribution is 2.46. The third kappa shape index (κ3) is 1.79. The van der Waals surface area contributed by atoms with E-state index in [-0.39, 0.29) is 0 Å². The Labute approximate surface area is 136 Å². The Morgan fingerprint density at radius 1 is 0.958 bits per heavy atom. The summed E-state index contributed by atoms with van der Waals surface area (Å²) in [5.74, 6) is 1.43. The molecule has 0 saturated carbocycles. The lowest BCUT2D eigenvalue weighted by atomic mass is 10.1. The molecular formula is C18H15NO5. The quantitative estimate of drug-likeness (QED) is 0.624. The Morgan fingerprint density at radius 3 is 2.33 bits per heavy atom. The summed E-state index contributed by atoms with van der Waals surface area (Å²) in [6, 6.07) is 9.10. The fourth-order valence-corrected chi connectivity index (χ4v) is 3.12. The summed E-state index contributed by atoms with van der Waals surface area (Å²) in [7, 11) is 4.63. The number of methoxy groups -OCH3 is 3. The monoisotopic (exact) mass is 325 g/mol. The fourth-order valence-electron chi connectivity index (χ4n) is 3.12. The van der Waals surface area contributed by atoms with Gasteiger partial charge in [-0.25, -0.2) is 4.79 Å². The second kappa shape index (κ2) is 5.19. The number of fused-ring (bicyclic) bond motifs is 5. The second-order valence-corrected chi connectivity index (χ2v) is 5.33. The third-order valence-corrected chi connectivity index (χ3v) is 4.15. The summed E-state index contributed by atoms with van der Waals surface area (Å²) in [5, 5.41) is 1.96. The van der Waals surface area contributed by atoms with Gasteiger partial charge in [0.2, 0.25) is 5.75 Å². The molecule has 2 heterocycles. The van der Waals surface area contributed by atoms with Gasteiger partial charge in [0, 0.05) is 11.5 Å². The van der Waals surface area contributed by atoms with Gasteiger partial charge in [0.25, 0.3) is 0 Å². The van der Waals surface area contributed by atoms with E-state index in [0.29, 0.717) is 33.6 Å². The molecule has 0 spiro atoms. The molecule has 0 unspecified atom stereocenters. The van der Waals surface area contributed by atoms with Crippen LogP contribution in [-0.4, -0.2) is 26.3 Å². The molecule has 24 heavy (non-hydrogen) atoms. The molecule has 122 valence electrons. The first-order valence-electron chi connectivity index (χ1n) is 7.35. The SMILES string of the molecule is COc1cc2[nH]c3c4ccccc4c(=O)oc3c2c(OC)c1OC. The predicted octanol–water partition coefficient (Wildman–Crippen LogP) is 3.45. The maximum Gasteiger partial charge on any atom is 0.344 e. The molecule has 0 fully saturated rings. The van der Waals surface area contributed by atoms with E-state index in [1.807, 2.05) is 12.1 Å².